The van der Waals surface area contributed by atoms with E-state index in [1.54, 1.807) is 19.2 Å². The summed E-state index contributed by atoms with van der Waals surface area (Å²) in [7, 11) is 1.61. The van der Waals surface area contributed by atoms with E-state index in [4.69, 9.17) is 16.3 Å². The average molecular weight is 344 g/mol. The molecule has 0 aliphatic carbocycles. The van der Waals surface area contributed by atoms with Gasteiger partial charge in [0.2, 0.25) is 0 Å². The Labute approximate surface area is 125 Å². The second kappa shape index (κ2) is 5.93. The van der Waals surface area contributed by atoms with Crippen LogP contribution in [0.15, 0.2) is 40.9 Å². The smallest absolute Gasteiger partial charge is 0.124 e. The molecule has 0 spiro atoms. The highest BCUT2D eigenvalue weighted by Gasteiger charge is 2.17. The van der Waals surface area contributed by atoms with E-state index in [1.165, 1.54) is 12.1 Å². The monoisotopic (exact) mass is 342 g/mol. The van der Waals surface area contributed by atoms with Gasteiger partial charge in [0.15, 0.2) is 0 Å². The summed E-state index contributed by atoms with van der Waals surface area (Å²) >= 11 is 9.96. The van der Waals surface area contributed by atoms with Crippen LogP contribution in [0.25, 0.3) is 0 Å². The lowest BCUT2D eigenvalue weighted by molar-refractivity contribution is 0.409. The van der Waals surface area contributed by atoms with Gasteiger partial charge in [-0.25, -0.2) is 4.39 Å². The molecule has 1 unspecified atom stereocenters. The van der Waals surface area contributed by atoms with Gasteiger partial charge in [-0.3, -0.25) is 0 Å². The molecule has 0 saturated carbocycles. The predicted molar refractivity (Wildman–Crippen MR) is 79.5 cm³/mol. The minimum atomic E-state index is -0.382. The van der Waals surface area contributed by atoms with Crippen LogP contribution in [-0.2, 0) is 0 Å². The third-order valence-electron chi connectivity index (χ3n) is 2.95. The normalized spacial score (nSPS) is 12.3. The molecule has 0 saturated heterocycles. The van der Waals surface area contributed by atoms with Crippen molar-refractivity contribution in [1.82, 2.24) is 0 Å². The van der Waals surface area contributed by atoms with Crippen molar-refractivity contribution in [2.24, 2.45) is 0 Å². The van der Waals surface area contributed by atoms with Gasteiger partial charge in [0.05, 0.1) is 12.5 Å². The van der Waals surface area contributed by atoms with Crippen LogP contribution in [0.1, 0.15) is 22.1 Å². The van der Waals surface area contributed by atoms with Crippen molar-refractivity contribution in [3.63, 3.8) is 0 Å². The van der Waals surface area contributed by atoms with Crippen molar-refractivity contribution in [1.29, 1.82) is 0 Å². The predicted octanol–water partition coefficient (Wildman–Crippen LogP) is 5.23. The summed E-state index contributed by atoms with van der Waals surface area (Å²) in [6.45, 7) is 1.98. The van der Waals surface area contributed by atoms with Crippen LogP contribution in [0, 0.1) is 12.7 Å². The van der Waals surface area contributed by atoms with Crippen LogP contribution < -0.4 is 4.74 Å². The summed E-state index contributed by atoms with van der Waals surface area (Å²) in [5.74, 6) is 0.453. The SMILES string of the molecule is COc1cc(C)c(Br)cc1C(Cl)c1ccc(F)cc1. The first kappa shape index (κ1) is 14.4. The standard InChI is InChI=1S/C15H13BrClFO/c1-9-7-14(19-2)12(8-13(9)16)15(17)10-3-5-11(18)6-4-10/h3-8,15H,1-2H3. The maximum absolute atomic E-state index is 12.9. The average Bonchev–Trinajstić information content (AvgIpc) is 2.41. The van der Waals surface area contributed by atoms with Crippen LogP contribution >= 0.6 is 27.5 Å². The first-order valence-corrected chi connectivity index (χ1v) is 6.99. The van der Waals surface area contributed by atoms with E-state index in [0.717, 1.165) is 26.9 Å². The molecule has 2 aromatic rings. The largest absolute Gasteiger partial charge is 0.496 e. The van der Waals surface area contributed by atoms with Crippen molar-refractivity contribution in [3.05, 3.63) is 63.4 Å². The Bertz CT molecular complexity index is 583. The van der Waals surface area contributed by atoms with E-state index >= 15 is 0 Å². The molecule has 0 radical (unpaired) electrons. The lowest BCUT2D eigenvalue weighted by Gasteiger charge is -2.16. The summed E-state index contributed by atoms with van der Waals surface area (Å²) in [4.78, 5) is 0. The topological polar surface area (TPSA) is 9.23 Å². The van der Waals surface area contributed by atoms with Crippen LogP contribution in [0.2, 0.25) is 0 Å². The Morgan fingerprint density at radius 3 is 2.42 bits per heavy atom. The highest BCUT2D eigenvalue weighted by atomic mass is 79.9. The molecule has 2 rings (SSSR count). The van der Waals surface area contributed by atoms with E-state index in [9.17, 15) is 4.39 Å². The fourth-order valence-electron chi connectivity index (χ4n) is 1.86. The fraction of sp³-hybridized carbons (Fsp3) is 0.200. The number of methoxy groups -OCH3 is 1. The molecular formula is C15H13BrClFO. The molecule has 1 nitrogen and oxygen atoms in total. The molecule has 0 aliphatic heterocycles. The van der Waals surface area contributed by atoms with Gasteiger partial charge in [-0.05, 0) is 42.3 Å². The molecule has 1 atom stereocenters. The summed E-state index contributed by atoms with van der Waals surface area (Å²) in [6.07, 6.45) is 0. The summed E-state index contributed by atoms with van der Waals surface area (Å²) in [6, 6.07) is 10.0. The summed E-state index contributed by atoms with van der Waals surface area (Å²) < 4.78 is 19.3. The van der Waals surface area contributed by atoms with Crippen molar-refractivity contribution in [3.8, 4) is 5.75 Å². The molecular weight excluding hydrogens is 331 g/mol. The number of hydrogen-bond donors (Lipinski definition) is 0. The maximum Gasteiger partial charge on any atom is 0.124 e. The molecule has 0 bridgehead atoms. The van der Waals surface area contributed by atoms with E-state index in [1.807, 2.05) is 19.1 Å². The molecule has 0 aromatic heterocycles. The minimum Gasteiger partial charge on any atom is -0.496 e. The van der Waals surface area contributed by atoms with E-state index in [-0.39, 0.29) is 11.2 Å². The zero-order valence-electron chi connectivity index (χ0n) is 10.6. The maximum atomic E-state index is 12.9. The second-order valence-corrected chi connectivity index (χ2v) is 5.55. The van der Waals surface area contributed by atoms with Crippen molar-refractivity contribution < 1.29 is 9.13 Å². The summed E-state index contributed by atoms with van der Waals surface area (Å²) in [5, 5.41) is -0.382. The molecule has 0 heterocycles. The van der Waals surface area contributed by atoms with Gasteiger partial charge in [0, 0.05) is 10.0 Å². The Kier molecular flexibility index (Phi) is 4.48. The molecule has 19 heavy (non-hydrogen) atoms. The third kappa shape index (κ3) is 3.10. The Morgan fingerprint density at radius 2 is 1.84 bits per heavy atom. The zero-order chi connectivity index (χ0) is 14.0. The van der Waals surface area contributed by atoms with Gasteiger partial charge in [-0.15, -0.1) is 11.6 Å². The molecule has 0 amide bonds. The number of alkyl halides is 1. The van der Waals surface area contributed by atoms with Gasteiger partial charge in [-0.1, -0.05) is 28.1 Å². The van der Waals surface area contributed by atoms with Crippen LogP contribution in [-0.4, -0.2) is 7.11 Å². The first-order chi connectivity index (χ1) is 9.02. The summed E-state index contributed by atoms with van der Waals surface area (Å²) in [5.41, 5.74) is 2.76. The highest BCUT2D eigenvalue weighted by molar-refractivity contribution is 9.10. The van der Waals surface area contributed by atoms with Crippen molar-refractivity contribution >= 4 is 27.5 Å². The lowest BCUT2D eigenvalue weighted by atomic mass is 10.0. The third-order valence-corrected chi connectivity index (χ3v) is 4.29. The van der Waals surface area contributed by atoms with E-state index in [2.05, 4.69) is 15.9 Å². The van der Waals surface area contributed by atoms with Gasteiger partial charge in [0.25, 0.3) is 0 Å². The number of benzene rings is 2. The van der Waals surface area contributed by atoms with Gasteiger partial charge >= 0.3 is 0 Å². The van der Waals surface area contributed by atoms with E-state index in [0.29, 0.717) is 0 Å². The number of ether oxygens (including phenoxy) is 1. The number of hydrogen-bond acceptors (Lipinski definition) is 1. The van der Waals surface area contributed by atoms with Crippen molar-refractivity contribution in [2.75, 3.05) is 7.11 Å². The number of halogens is 3. The molecule has 0 N–H and O–H groups in total. The fourth-order valence-corrected chi connectivity index (χ4v) is 2.53. The molecule has 100 valence electrons. The molecule has 0 aliphatic rings. The quantitative estimate of drug-likeness (QED) is 0.693. The highest BCUT2D eigenvalue weighted by Crippen LogP contribution is 2.38. The first-order valence-electron chi connectivity index (χ1n) is 5.76. The minimum absolute atomic E-state index is 0.273. The van der Waals surface area contributed by atoms with Crippen molar-refractivity contribution in [2.45, 2.75) is 12.3 Å². The zero-order valence-corrected chi connectivity index (χ0v) is 12.9. The van der Waals surface area contributed by atoms with Crippen LogP contribution in [0.3, 0.4) is 0 Å². The Morgan fingerprint density at radius 1 is 1.21 bits per heavy atom. The van der Waals surface area contributed by atoms with Crippen LogP contribution in [0.4, 0.5) is 4.39 Å². The number of rotatable bonds is 3. The molecule has 4 heteroatoms. The van der Waals surface area contributed by atoms with Gasteiger partial charge in [0.1, 0.15) is 11.6 Å². The van der Waals surface area contributed by atoms with Gasteiger partial charge in [-0.2, -0.15) is 0 Å². The molecule has 2 aromatic carbocycles. The number of aryl methyl sites for hydroxylation is 1. The lowest BCUT2D eigenvalue weighted by Crippen LogP contribution is -1.99. The second-order valence-electron chi connectivity index (χ2n) is 4.26. The Hall–Kier alpha value is -1.06. The van der Waals surface area contributed by atoms with E-state index < -0.39 is 0 Å². The van der Waals surface area contributed by atoms with Crippen LogP contribution in [0.5, 0.6) is 5.75 Å². The molecule has 0 fully saturated rings. The Balaban J connectivity index is 2.45. The van der Waals surface area contributed by atoms with Gasteiger partial charge < -0.3 is 4.74 Å².